The summed E-state index contributed by atoms with van der Waals surface area (Å²) in [6.45, 7) is 0. The maximum absolute atomic E-state index is 13.6. The average molecular weight is 233 g/mol. The van der Waals surface area contributed by atoms with Gasteiger partial charge in [-0.1, -0.05) is 23.7 Å². The topological polar surface area (TPSA) is 36.7 Å². The highest BCUT2D eigenvalue weighted by Crippen LogP contribution is 2.26. The molecule has 0 bridgehead atoms. The lowest BCUT2D eigenvalue weighted by molar-refractivity contribution is 0.631. The van der Waals surface area contributed by atoms with Gasteiger partial charge in [0.25, 0.3) is 0 Å². The lowest BCUT2D eigenvalue weighted by Gasteiger charge is -2.03. The van der Waals surface area contributed by atoms with Gasteiger partial charge >= 0.3 is 0 Å². The highest BCUT2D eigenvalue weighted by atomic mass is 35.5. The minimum Gasteiger partial charge on any atom is -0.245 e. The number of halogens is 2. The fraction of sp³-hybridized carbons (Fsp3) is 0. The zero-order valence-electron chi connectivity index (χ0n) is 8.11. The molecule has 2 nitrogen and oxygen atoms in total. The Labute approximate surface area is 96.9 Å². The minimum absolute atomic E-state index is 0.0712. The molecule has 0 saturated carbocycles. The summed E-state index contributed by atoms with van der Waals surface area (Å²) in [5, 5.41) is 8.66. The molecule has 1 aromatic carbocycles. The van der Waals surface area contributed by atoms with E-state index in [9.17, 15) is 4.39 Å². The van der Waals surface area contributed by atoms with E-state index in [4.69, 9.17) is 16.9 Å². The molecule has 16 heavy (non-hydrogen) atoms. The van der Waals surface area contributed by atoms with Crippen molar-refractivity contribution < 1.29 is 4.39 Å². The summed E-state index contributed by atoms with van der Waals surface area (Å²) in [7, 11) is 0. The third-order valence-electron chi connectivity index (χ3n) is 2.14. The molecule has 0 radical (unpaired) electrons. The van der Waals surface area contributed by atoms with Gasteiger partial charge in [0.15, 0.2) is 0 Å². The maximum atomic E-state index is 13.6. The number of nitrogens with zero attached hydrogens (tertiary/aromatic N) is 2. The quantitative estimate of drug-likeness (QED) is 0.756. The summed E-state index contributed by atoms with van der Waals surface area (Å²) >= 11 is 5.67. The van der Waals surface area contributed by atoms with E-state index >= 15 is 0 Å². The Hall–Kier alpha value is -1.92. The normalized spacial score (nSPS) is 9.81. The summed E-state index contributed by atoms with van der Waals surface area (Å²) in [5.74, 6) is -0.476. The first kappa shape index (κ1) is 10.6. The molecule has 0 N–H and O–H groups in total. The zero-order valence-corrected chi connectivity index (χ0v) is 8.87. The molecule has 0 fully saturated rings. The van der Waals surface area contributed by atoms with E-state index in [1.54, 1.807) is 18.2 Å². The molecule has 0 aliphatic carbocycles. The van der Waals surface area contributed by atoms with E-state index in [0.29, 0.717) is 16.8 Å². The summed E-state index contributed by atoms with van der Waals surface area (Å²) < 4.78 is 13.6. The van der Waals surface area contributed by atoms with E-state index in [2.05, 4.69) is 4.98 Å². The van der Waals surface area contributed by atoms with Crippen LogP contribution in [0.4, 0.5) is 4.39 Å². The molecule has 0 unspecified atom stereocenters. The van der Waals surface area contributed by atoms with Crippen molar-refractivity contribution in [3.8, 4) is 17.2 Å². The first-order chi connectivity index (χ1) is 7.72. The fourth-order valence-corrected chi connectivity index (χ4v) is 1.52. The van der Waals surface area contributed by atoms with E-state index < -0.39 is 5.82 Å². The van der Waals surface area contributed by atoms with Gasteiger partial charge in [-0.05, 0) is 18.2 Å². The van der Waals surface area contributed by atoms with Gasteiger partial charge in [-0.2, -0.15) is 5.26 Å². The molecule has 0 aliphatic heterocycles. The van der Waals surface area contributed by atoms with Crippen molar-refractivity contribution in [3.63, 3.8) is 0 Å². The van der Waals surface area contributed by atoms with Gasteiger partial charge in [0.2, 0.25) is 0 Å². The van der Waals surface area contributed by atoms with Crippen molar-refractivity contribution in [2.75, 3.05) is 0 Å². The van der Waals surface area contributed by atoms with Crippen LogP contribution in [0.2, 0.25) is 5.02 Å². The Morgan fingerprint density at radius 3 is 2.69 bits per heavy atom. The molecule has 78 valence electrons. The largest absolute Gasteiger partial charge is 0.245 e. The van der Waals surface area contributed by atoms with Crippen LogP contribution in [0.25, 0.3) is 11.1 Å². The lowest BCUT2D eigenvalue weighted by Crippen LogP contribution is -1.88. The zero-order chi connectivity index (χ0) is 11.5. The van der Waals surface area contributed by atoms with Crippen LogP contribution in [0, 0.1) is 17.1 Å². The van der Waals surface area contributed by atoms with Crippen LogP contribution in [0.1, 0.15) is 5.69 Å². The van der Waals surface area contributed by atoms with E-state index in [1.165, 1.54) is 18.3 Å². The Balaban J connectivity index is 2.51. The van der Waals surface area contributed by atoms with Gasteiger partial charge in [-0.25, -0.2) is 9.37 Å². The molecule has 2 aromatic rings. The molecule has 1 heterocycles. The van der Waals surface area contributed by atoms with Gasteiger partial charge in [-0.3, -0.25) is 0 Å². The van der Waals surface area contributed by atoms with Crippen LogP contribution >= 0.6 is 11.6 Å². The summed E-state index contributed by atoms with van der Waals surface area (Å²) in [5.41, 5.74) is 1.27. The second-order valence-electron chi connectivity index (χ2n) is 3.15. The second kappa shape index (κ2) is 4.30. The first-order valence-electron chi connectivity index (χ1n) is 4.53. The number of pyridine rings is 1. The number of hydrogen-bond acceptors (Lipinski definition) is 2. The highest BCUT2D eigenvalue weighted by molar-refractivity contribution is 6.31. The number of aromatic nitrogens is 1. The molecule has 1 aromatic heterocycles. The molecule has 4 heteroatoms. The van der Waals surface area contributed by atoms with Gasteiger partial charge < -0.3 is 0 Å². The van der Waals surface area contributed by atoms with Crippen LogP contribution in [0.3, 0.4) is 0 Å². The Kier molecular flexibility index (Phi) is 2.84. The fourth-order valence-electron chi connectivity index (χ4n) is 1.35. The van der Waals surface area contributed by atoms with Crippen molar-refractivity contribution >= 4 is 11.6 Å². The van der Waals surface area contributed by atoms with Crippen LogP contribution < -0.4 is 0 Å². The molecular weight excluding hydrogens is 227 g/mol. The van der Waals surface area contributed by atoms with Gasteiger partial charge in [-0.15, -0.1) is 0 Å². The Morgan fingerprint density at radius 1 is 1.25 bits per heavy atom. The predicted molar refractivity (Wildman–Crippen MR) is 59.4 cm³/mol. The van der Waals surface area contributed by atoms with Crippen molar-refractivity contribution in [2.45, 2.75) is 0 Å². The number of nitriles is 1. The van der Waals surface area contributed by atoms with Crippen LogP contribution in [-0.4, -0.2) is 4.98 Å². The first-order valence-corrected chi connectivity index (χ1v) is 4.90. The number of benzene rings is 1. The molecule has 0 aliphatic rings. The maximum Gasteiger partial charge on any atom is 0.149 e. The molecular formula is C12H6ClFN2. The van der Waals surface area contributed by atoms with Crippen molar-refractivity contribution in [1.29, 1.82) is 5.26 Å². The van der Waals surface area contributed by atoms with E-state index in [0.717, 1.165) is 0 Å². The number of hydrogen-bond donors (Lipinski definition) is 0. The third kappa shape index (κ3) is 1.88. The molecule has 2 rings (SSSR count). The van der Waals surface area contributed by atoms with Crippen molar-refractivity contribution in [3.05, 3.63) is 53.1 Å². The van der Waals surface area contributed by atoms with E-state index in [1.807, 2.05) is 6.07 Å². The standard InChI is InChI=1S/C12H6ClFN2/c13-11-3-1-2-10(12(11)14)8-4-5-9(6-15)16-7-8/h1-5,7H. The van der Waals surface area contributed by atoms with Gasteiger partial charge in [0, 0.05) is 17.3 Å². The van der Waals surface area contributed by atoms with Crippen molar-refractivity contribution in [1.82, 2.24) is 4.98 Å². The average Bonchev–Trinajstić information content (AvgIpc) is 2.33. The SMILES string of the molecule is N#Cc1ccc(-c2cccc(Cl)c2F)cn1. The van der Waals surface area contributed by atoms with Gasteiger partial charge in [0.1, 0.15) is 17.6 Å². The summed E-state index contributed by atoms with van der Waals surface area (Å²) in [4.78, 5) is 3.87. The third-order valence-corrected chi connectivity index (χ3v) is 2.43. The van der Waals surface area contributed by atoms with Crippen LogP contribution in [0.15, 0.2) is 36.5 Å². The van der Waals surface area contributed by atoms with Crippen molar-refractivity contribution in [2.24, 2.45) is 0 Å². The Morgan fingerprint density at radius 2 is 2.06 bits per heavy atom. The van der Waals surface area contributed by atoms with Gasteiger partial charge in [0.05, 0.1) is 5.02 Å². The molecule has 0 saturated heterocycles. The Bertz CT molecular complexity index is 558. The minimum atomic E-state index is -0.476. The summed E-state index contributed by atoms with van der Waals surface area (Å²) in [6.07, 6.45) is 1.45. The lowest BCUT2D eigenvalue weighted by atomic mass is 10.1. The molecule has 0 amide bonds. The smallest absolute Gasteiger partial charge is 0.149 e. The monoisotopic (exact) mass is 232 g/mol. The predicted octanol–water partition coefficient (Wildman–Crippen LogP) is 3.41. The number of rotatable bonds is 1. The highest BCUT2D eigenvalue weighted by Gasteiger charge is 2.08. The van der Waals surface area contributed by atoms with Crippen LogP contribution in [0.5, 0.6) is 0 Å². The van der Waals surface area contributed by atoms with Crippen LogP contribution in [-0.2, 0) is 0 Å². The van der Waals surface area contributed by atoms with E-state index in [-0.39, 0.29) is 5.02 Å². The molecule has 0 spiro atoms. The second-order valence-corrected chi connectivity index (χ2v) is 3.55. The molecule has 0 atom stereocenters. The summed E-state index contributed by atoms with van der Waals surface area (Å²) in [6, 6.07) is 9.84.